The first-order chi connectivity index (χ1) is 5.67. The Morgan fingerprint density at radius 3 is 2.42 bits per heavy atom. The Kier molecular flexibility index (Phi) is 4.54. The van der Waals surface area contributed by atoms with Crippen molar-refractivity contribution in [3.8, 4) is 6.07 Å². The molecule has 4 nitrogen and oxygen atoms in total. The molecule has 0 rings (SSSR count). The Morgan fingerprint density at radius 2 is 2.17 bits per heavy atom. The number of primary amides is 1. The molecule has 66 valence electrons. The average Bonchev–Trinajstić information content (AvgIpc) is 2.03. The first kappa shape index (κ1) is 10.5. The third-order valence-corrected chi connectivity index (χ3v) is 1.28. The van der Waals surface area contributed by atoms with Crippen molar-refractivity contribution >= 4 is 5.91 Å². The molecule has 1 amide bonds. The van der Waals surface area contributed by atoms with Gasteiger partial charge in [0, 0.05) is 6.42 Å². The van der Waals surface area contributed by atoms with Crippen molar-refractivity contribution in [3.05, 3.63) is 11.3 Å². The Morgan fingerprint density at radius 1 is 1.58 bits per heavy atom. The third kappa shape index (κ3) is 2.62. The number of ether oxygens (including phenoxy) is 1. The second kappa shape index (κ2) is 5.19. The van der Waals surface area contributed by atoms with Crippen LogP contribution in [-0.4, -0.2) is 12.5 Å². The predicted molar refractivity (Wildman–Crippen MR) is 43.8 cm³/mol. The highest BCUT2D eigenvalue weighted by Gasteiger charge is 2.11. The highest BCUT2D eigenvalue weighted by atomic mass is 16.5. The molecule has 0 saturated carbocycles. The van der Waals surface area contributed by atoms with Crippen molar-refractivity contribution in [2.24, 2.45) is 5.73 Å². The molecule has 0 heterocycles. The van der Waals surface area contributed by atoms with Gasteiger partial charge >= 0.3 is 0 Å². The van der Waals surface area contributed by atoms with Crippen molar-refractivity contribution in [2.75, 3.05) is 6.61 Å². The summed E-state index contributed by atoms with van der Waals surface area (Å²) in [6.07, 6.45) is 0.500. The molecule has 0 aromatic rings. The van der Waals surface area contributed by atoms with Gasteiger partial charge in [0.15, 0.2) is 5.57 Å². The molecule has 0 radical (unpaired) electrons. The van der Waals surface area contributed by atoms with Crippen LogP contribution in [0.15, 0.2) is 11.3 Å². The van der Waals surface area contributed by atoms with Crippen molar-refractivity contribution in [2.45, 2.75) is 20.3 Å². The lowest BCUT2D eigenvalue weighted by Crippen LogP contribution is -2.15. The van der Waals surface area contributed by atoms with E-state index in [2.05, 4.69) is 0 Å². The maximum atomic E-state index is 10.7. The Hall–Kier alpha value is -1.50. The summed E-state index contributed by atoms with van der Waals surface area (Å²) in [5, 5.41) is 8.54. The van der Waals surface area contributed by atoms with Gasteiger partial charge in [-0.1, -0.05) is 6.92 Å². The molecule has 0 aromatic heterocycles. The van der Waals surface area contributed by atoms with E-state index in [0.717, 1.165) is 0 Å². The summed E-state index contributed by atoms with van der Waals surface area (Å²) in [6.45, 7) is 4.01. The van der Waals surface area contributed by atoms with E-state index in [9.17, 15) is 4.79 Å². The molecule has 12 heavy (non-hydrogen) atoms. The first-order valence-electron chi connectivity index (χ1n) is 3.73. The standard InChI is InChI=1S/C8H12N2O2/c1-3-7(12-4-2)6(5-9)8(10)11/h3-4H2,1-2H3,(H2,10,11). The van der Waals surface area contributed by atoms with Crippen LogP contribution < -0.4 is 5.73 Å². The largest absolute Gasteiger partial charge is 0.497 e. The molecule has 0 unspecified atom stereocenters. The molecular weight excluding hydrogens is 156 g/mol. The summed E-state index contributed by atoms with van der Waals surface area (Å²) in [6, 6.07) is 1.72. The zero-order valence-corrected chi connectivity index (χ0v) is 7.26. The molecule has 2 N–H and O–H groups in total. The zero-order chi connectivity index (χ0) is 9.56. The van der Waals surface area contributed by atoms with Crippen LogP contribution in [-0.2, 0) is 9.53 Å². The predicted octanol–water partition coefficient (Wildman–Crippen LogP) is 0.696. The zero-order valence-electron chi connectivity index (χ0n) is 7.26. The molecule has 0 spiro atoms. The van der Waals surface area contributed by atoms with E-state index in [1.165, 1.54) is 0 Å². The Labute approximate surface area is 71.6 Å². The molecule has 0 aromatic carbocycles. The molecule has 0 aliphatic heterocycles. The van der Waals surface area contributed by atoms with Gasteiger partial charge in [-0.3, -0.25) is 4.79 Å². The number of carbonyl (C=O) groups excluding carboxylic acids is 1. The number of nitrogens with two attached hydrogens (primary N) is 1. The fourth-order valence-corrected chi connectivity index (χ4v) is 0.780. The minimum atomic E-state index is -0.734. The fraction of sp³-hybridized carbons (Fsp3) is 0.500. The van der Waals surface area contributed by atoms with E-state index in [4.69, 9.17) is 15.7 Å². The summed E-state index contributed by atoms with van der Waals surface area (Å²) in [5.41, 5.74) is 4.87. The summed E-state index contributed by atoms with van der Waals surface area (Å²) >= 11 is 0. The van der Waals surface area contributed by atoms with E-state index in [1.54, 1.807) is 19.9 Å². The van der Waals surface area contributed by atoms with Crippen molar-refractivity contribution < 1.29 is 9.53 Å². The molecule has 0 atom stereocenters. The third-order valence-electron chi connectivity index (χ3n) is 1.28. The molecule has 0 aliphatic rings. The lowest BCUT2D eigenvalue weighted by molar-refractivity contribution is -0.114. The normalized spacial score (nSPS) is 11.4. The molecular formula is C8H12N2O2. The van der Waals surface area contributed by atoms with E-state index < -0.39 is 5.91 Å². The summed E-state index contributed by atoms with van der Waals surface area (Å²) in [5.74, 6) is -0.365. The molecule has 0 aliphatic carbocycles. The smallest absolute Gasteiger partial charge is 0.262 e. The Bertz CT molecular complexity index is 238. The number of carbonyl (C=O) groups is 1. The van der Waals surface area contributed by atoms with Crippen LogP contribution in [0.25, 0.3) is 0 Å². The number of amides is 1. The van der Waals surface area contributed by atoms with Gasteiger partial charge in [0.05, 0.1) is 6.61 Å². The quantitative estimate of drug-likeness (QED) is 0.381. The van der Waals surface area contributed by atoms with Crippen LogP contribution in [0, 0.1) is 11.3 Å². The first-order valence-corrected chi connectivity index (χ1v) is 3.73. The highest BCUT2D eigenvalue weighted by Crippen LogP contribution is 2.09. The summed E-state index contributed by atoms with van der Waals surface area (Å²) in [4.78, 5) is 10.7. The molecule has 4 heteroatoms. The van der Waals surface area contributed by atoms with Crippen molar-refractivity contribution in [1.29, 1.82) is 5.26 Å². The summed E-state index contributed by atoms with van der Waals surface area (Å²) < 4.78 is 5.06. The van der Waals surface area contributed by atoms with E-state index in [1.807, 2.05) is 0 Å². The van der Waals surface area contributed by atoms with Gasteiger partial charge in [-0.25, -0.2) is 0 Å². The van der Waals surface area contributed by atoms with Crippen LogP contribution in [0.3, 0.4) is 0 Å². The minimum Gasteiger partial charge on any atom is -0.497 e. The maximum Gasteiger partial charge on any atom is 0.262 e. The maximum absolute atomic E-state index is 10.7. The lowest BCUT2D eigenvalue weighted by atomic mass is 10.2. The van der Waals surface area contributed by atoms with Gasteiger partial charge in [0.2, 0.25) is 0 Å². The van der Waals surface area contributed by atoms with Gasteiger partial charge in [0.1, 0.15) is 11.8 Å². The van der Waals surface area contributed by atoms with Crippen LogP contribution in [0.2, 0.25) is 0 Å². The van der Waals surface area contributed by atoms with Gasteiger partial charge in [-0.2, -0.15) is 5.26 Å². The van der Waals surface area contributed by atoms with E-state index in [-0.39, 0.29) is 5.57 Å². The second-order valence-electron chi connectivity index (χ2n) is 2.06. The molecule has 0 saturated heterocycles. The van der Waals surface area contributed by atoms with Gasteiger partial charge < -0.3 is 10.5 Å². The minimum absolute atomic E-state index is 0.0839. The Balaban J connectivity index is 4.77. The summed E-state index contributed by atoms with van der Waals surface area (Å²) in [7, 11) is 0. The monoisotopic (exact) mass is 168 g/mol. The number of nitriles is 1. The highest BCUT2D eigenvalue weighted by molar-refractivity contribution is 5.96. The van der Waals surface area contributed by atoms with Crippen molar-refractivity contribution in [1.82, 2.24) is 0 Å². The molecule has 0 bridgehead atoms. The van der Waals surface area contributed by atoms with Crippen LogP contribution in [0.5, 0.6) is 0 Å². The van der Waals surface area contributed by atoms with Crippen LogP contribution >= 0.6 is 0 Å². The second-order valence-corrected chi connectivity index (χ2v) is 2.06. The van der Waals surface area contributed by atoms with Gasteiger partial charge in [0.25, 0.3) is 5.91 Å². The van der Waals surface area contributed by atoms with Crippen LogP contribution in [0.1, 0.15) is 20.3 Å². The SMILES string of the molecule is CCOC(CC)=C(C#N)C(N)=O. The van der Waals surface area contributed by atoms with Gasteiger partial charge in [-0.05, 0) is 6.92 Å². The van der Waals surface area contributed by atoms with E-state index >= 15 is 0 Å². The molecule has 0 fully saturated rings. The van der Waals surface area contributed by atoms with Gasteiger partial charge in [-0.15, -0.1) is 0 Å². The van der Waals surface area contributed by atoms with E-state index in [0.29, 0.717) is 18.8 Å². The van der Waals surface area contributed by atoms with Crippen LogP contribution in [0.4, 0.5) is 0 Å². The topological polar surface area (TPSA) is 76.1 Å². The number of hydrogen-bond donors (Lipinski definition) is 1. The number of nitrogens with zero attached hydrogens (tertiary/aromatic N) is 1. The lowest BCUT2D eigenvalue weighted by Gasteiger charge is -2.06. The number of allylic oxidation sites excluding steroid dienone is 1. The van der Waals surface area contributed by atoms with Crippen molar-refractivity contribution in [3.63, 3.8) is 0 Å². The fourth-order valence-electron chi connectivity index (χ4n) is 0.780. The number of hydrogen-bond acceptors (Lipinski definition) is 3. The number of rotatable bonds is 4. The average molecular weight is 168 g/mol.